The summed E-state index contributed by atoms with van der Waals surface area (Å²) in [5, 5.41) is 8.03. The Balaban J connectivity index is 1.42. The molecule has 0 atom stereocenters. The van der Waals surface area contributed by atoms with Gasteiger partial charge in [-0.05, 0) is 41.7 Å². The summed E-state index contributed by atoms with van der Waals surface area (Å²) in [6.07, 6.45) is 4.76. The van der Waals surface area contributed by atoms with Crippen LogP contribution in [0, 0.1) is 0 Å². The largest absolute Gasteiger partial charge is 0.361 e. The quantitative estimate of drug-likeness (QED) is 0.402. The van der Waals surface area contributed by atoms with E-state index in [1.54, 1.807) is 6.20 Å². The Kier molecular flexibility index (Phi) is 5.24. The molecule has 0 fully saturated rings. The van der Waals surface area contributed by atoms with Crippen LogP contribution in [0.5, 0.6) is 0 Å². The molecule has 0 aliphatic rings. The lowest BCUT2D eigenvalue weighted by Crippen LogP contribution is -2.09. The topological polar surface area (TPSA) is 65.6 Å². The minimum Gasteiger partial charge on any atom is -0.361 e. The molecule has 3 N–H and O–H groups in total. The molecule has 28 heavy (non-hydrogen) atoms. The highest BCUT2D eigenvalue weighted by molar-refractivity contribution is 5.83. The molecule has 0 bridgehead atoms. The highest BCUT2D eigenvalue weighted by Crippen LogP contribution is 2.26. The Morgan fingerprint density at radius 2 is 1.82 bits per heavy atom. The number of aromatic nitrogens is 3. The zero-order chi connectivity index (χ0) is 19.3. The van der Waals surface area contributed by atoms with Crippen LogP contribution in [0.3, 0.4) is 0 Å². The molecular formula is C23H25N5. The number of fused-ring (bicyclic) bond motifs is 1. The molecule has 0 aliphatic heterocycles. The van der Waals surface area contributed by atoms with Crippen molar-refractivity contribution in [1.29, 1.82) is 0 Å². The molecule has 0 saturated carbocycles. The van der Waals surface area contributed by atoms with Gasteiger partial charge in [0.2, 0.25) is 5.95 Å². The third-order valence-corrected chi connectivity index (χ3v) is 4.85. The summed E-state index contributed by atoms with van der Waals surface area (Å²) in [5.41, 5.74) is 4.82. The summed E-state index contributed by atoms with van der Waals surface area (Å²) < 4.78 is 0. The lowest BCUT2D eigenvalue weighted by molar-refractivity contribution is 0.869. The maximum Gasteiger partial charge on any atom is 0.224 e. The first kappa shape index (κ1) is 18.0. The van der Waals surface area contributed by atoms with Crippen molar-refractivity contribution in [2.24, 2.45) is 0 Å². The van der Waals surface area contributed by atoms with Gasteiger partial charge in [0.15, 0.2) is 0 Å². The van der Waals surface area contributed by atoms with Gasteiger partial charge in [0.1, 0.15) is 5.82 Å². The highest BCUT2D eigenvalue weighted by atomic mass is 15.1. The van der Waals surface area contributed by atoms with Gasteiger partial charge in [-0.3, -0.25) is 0 Å². The second-order valence-corrected chi connectivity index (χ2v) is 7.17. The van der Waals surface area contributed by atoms with Gasteiger partial charge in [-0.15, -0.1) is 0 Å². The maximum absolute atomic E-state index is 4.61. The zero-order valence-electron chi connectivity index (χ0n) is 16.2. The van der Waals surface area contributed by atoms with E-state index >= 15 is 0 Å². The molecule has 5 heteroatoms. The first-order chi connectivity index (χ1) is 13.7. The van der Waals surface area contributed by atoms with Crippen molar-refractivity contribution in [2.75, 3.05) is 17.2 Å². The number of nitrogens with zero attached hydrogens (tertiary/aromatic N) is 2. The van der Waals surface area contributed by atoms with Crippen molar-refractivity contribution in [1.82, 2.24) is 15.0 Å². The first-order valence-electron chi connectivity index (χ1n) is 9.68. The van der Waals surface area contributed by atoms with Gasteiger partial charge >= 0.3 is 0 Å². The third-order valence-electron chi connectivity index (χ3n) is 4.85. The molecule has 2 aromatic carbocycles. The summed E-state index contributed by atoms with van der Waals surface area (Å²) in [6, 6.07) is 18.6. The summed E-state index contributed by atoms with van der Waals surface area (Å²) >= 11 is 0. The molecule has 2 aromatic heterocycles. The van der Waals surface area contributed by atoms with Crippen LogP contribution in [0.25, 0.3) is 10.9 Å². The van der Waals surface area contributed by atoms with E-state index < -0.39 is 0 Å². The standard InChI is InChI=1S/C23H25N5/c1-16(2)18-7-3-6-10-21(18)27-22-12-14-25-23(28-22)24-13-11-17-15-26-20-9-5-4-8-19(17)20/h3-10,12,14-16,26H,11,13H2,1-2H3,(H2,24,25,27,28). The summed E-state index contributed by atoms with van der Waals surface area (Å²) in [7, 11) is 0. The third kappa shape index (κ3) is 3.98. The predicted octanol–water partition coefficient (Wildman–Crippen LogP) is 5.48. The fourth-order valence-electron chi connectivity index (χ4n) is 3.41. The minimum atomic E-state index is 0.444. The molecule has 0 aliphatic carbocycles. The van der Waals surface area contributed by atoms with Gasteiger partial charge in [0, 0.05) is 35.5 Å². The van der Waals surface area contributed by atoms with E-state index in [1.165, 1.54) is 22.0 Å². The van der Waals surface area contributed by atoms with Crippen molar-refractivity contribution >= 4 is 28.4 Å². The average molecular weight is 371 g/mol. The van der Waals surface area contributed by atoms with Crippen LogP contribution < -0.4 is 10.6 Å². The van der Waals surface area contributed by atoms with Crippen LogP contribution in [0.4, 0.5) is 17.5 Å². The van der Waals surface area contributed by atoms with Gasteiger partial charge in [-0.25, -0.2) is 4.98 Å². The van der Waals surface area contributed by atoms with Crippen molar-refractivity contribution < 1.29 is 0 Å². The normalized spacial score (nSPS) is 11.1. The molecule has 0 spiro atoms. The SMILES string of the molecule is CC(C)c1ccccc1Nc1ccnc(NCCc2c[nH]c3ccccc23)n1. The number of nitrogens with one attached hydrogen (secondary N) is 3. The van der Waals surface area contributed by atoms with E-state index in [0.717, 1.165) is 24.5 Å². The summed E-state index contributed by atoms with van der Waals surface area (Å²) in [4.78, 5) is 12.3. The monoisotopic (exact) mass is 371 g/mol. The predicted molar refractivity (Wildman–Crippen MR) is 116 cm³/mol. The van der Waals surface area contributed by atoms with Crippen LogP contribution in [-0.4, -0.2) is 21.5 Å². The molecule has 4 rings (SSSR count). The van der Waals surface area contributed by atoms with Crippen LogP contribution in [-0.2, 0) is 6.42 Å². The number of hydrogen-bond acceptors (Lipinski definition) is 4. The van der Waals surface area contributed by atoms with Crippen LogP contribution in [0.15, 0.2) is 67.0 Å². The van der Waals surface area contributed by atoms with E-state index in [9.17, 15) is 0 Å². The number of anilines is 3. The van der Waals surface area contributed by atoms with E-state index in [0.29, 0.717) is 11.9 Å². The molecule has 5 nitrogen and oxygen atoms in total. The summed E-state index contributed by atoms with van der Waals surface area (Å²) in [6.45, 7) is 5.16. The Labute approximate surface area is 165 Å². The first-order valence-corrected chi connectivity index (χ1v) is 9.68. The Morgan fingerprint density at radius 3 is 2.71 bits per heavy atom. The molecule has 0 saturated heterocycles. The molecule has 4 aromatic rings. The second kappa shape index (κ2) is 8.13. The molecule has 0 amide bonds. The van der Waals surface area contributed by atoms with E-state index in [2.05, 4.69) is 82.0 Å². The fourth-order valence-corrected chi connectivity index (χ4v) is 3.41. The fraction of sp³-hybridized carbons (Fsp3) is 0.217. The maximum atomic E-state index is 4.61. The Morgan fingerprint density at radius 1 is 1.00 bits per heavy atom. The van der Waals surface area contributed by atoms with Gasteiger partial charge in [0.05, 0.1) is 0 Å². The summed E-state index contributed by atoms with van der Waals surface area (Å²) in [5.74, 6) is 1.86. The zero-order valence-corrected chi connectivity index (χ0v) is 16.2. The highest BCUT2D eigenvalue weighted by Gasteiger charge is 2.07. The van der Waals surface area contributed by atoms with Crippen LogP contribution >= 0.6 is 0 Å². The molecule has 0 unspecified atom stereocenters. The molecular weight excluding hydrogens is 346 g/mol. The van der Waals surface area contributed by atoms with Crippen molar-refractivity contribution in [2.45, 2.75) is 26.2 Å². The van der Waals surface area contributed by atoms with Crippen molar-refractivity contribution in [3.8, 4) is 0 Å². The number of para-hydroxylation sites is 2. The van der Waals surface area contributed by atoms with Crippen molar-refractivity contribution in [3.63, 3.8) is 0 Å². The van der Waals surface area contributed by atoms with Gasteiger partial charge < -0.3 is 15.6 Å². The smallest absolute Gasteiger partial charge is 0.224 e. The molecule has 0 radical (unpaired) electrons. The van der Waals surface area contributed by atoms with E-state index in [4.69, 9.17) is 0 Å². The van der Waals surface area contributed by atoms with Crippen LogP contribution in [0.2, 0.25) is 0 Å². The lowest BCUT2D eigenvalue weighted by Gasteiger charge is -2.14. The molecule has 2 heterocycles. The van der Waals surface area contributed by atoms with Gasteiger partial charge in [0.25, 0.3) is 0 Å². The minimum absolute atomic E-state index is 0.444. The Bertz CT molecular complexity index is 1070. The second-order valence-electron chi connectivity index (χ2n) is 7.17. The molecule has 142 valence electrons. The van der Waals surface area contributed by atoms with E-state index in [1.807, 2.05) is 18.2 Å². The Hall–Kier alpha value is -3.34. The number of hydrogen-bond donors (Lipinski definition) is 3. The van der Waals surface area contributed by atoms with Crippen molar-refractivity contribution in [3.05, 3.63) is 78.1 Å². The number of H-pyrrole nitrogens is 1. The van der Waals surface area contributed by atoms with Crippen LogP contribution in [0.1, 0.15) is 30.9 Å². The van der Waals surface area contributed by atoms with Gasteiger partial charge in [-0.1, -0.05) is 50.2 Å². The lowest BCUT2D eigenvalue weighted by atomic mass is 10.0. The number of aromatic amines is 1. The van der Waals surface area contributed by atoms with E-state index in [-0.39, 0.29) is 0 Å². The number of rotatable bonds is 7. The van der Waals surface area contributed by atoms with Gasteiger partial charge in [-0.2, -0.15) is 4.98 Å². The average Bonchev–Trinajstić information content (AvgIpc) is 3.12. The number of benzene rings is 2.